The van der Waals surface area contributed by atoms with E-state index in [1.807, 2.05) is 0 Å². The molecule has 28 heavy (non-hydrogen) atoms. The summed E-state index contributed by atoms with van der Waals surface area (Å²) in [6.07, 6.45) is 12.7. The molecule has 0 radical (unpaired) electrons. The summed E-state index contributed by atoms with van der Waals surface area (Å²) >= 11 is 0. The van der Waals surface area contributed by atoms with Gasteiger partial charge in [-0.1, -0.05) is 26.0 Å². The van der Waals surface area contributed by atoms with Gasteiger partial charge in [-0.05, 0) is 51.4 Å². The summed E-state index contributed by atoms with van der Waals surface area (Å²) in [6.45, 7) is 9.23. The summed E-state index contributed by atoms with van der Waals surface area (Å²) in [4.78, 5) is 23.2. The van der Waals surface area contributed by atoms with Gasteiger partial charge in [-0.15, -0.1) is 0 Å². The molecule has 0 aliphatic heterocycles. The van der Waals surface area contributed by atoms with Crippen molar-refractivity contribution in [2.24, 2.45) is 0 Å². The Kier molecular flexibility index (Phi) is 19.8. The number of carbonyl (C=O) groups is 2. The Bertz CT molecular complexity index is 370. The molecule has 0 amide bonds. The molecule has 0 aromatic rings. The summed E-state index contributed by atoms with van der Waals surface area (Å²) in [6, 6.07) is 0. The van der Waals surface area contributed by atoms with Crippen molar-refractivity contribution >= 4 is 11.9 Å². The van der Waals surface area contributed by atoms with Gasteiger partial charge < -0.3 is 18.9 Å². The van der Waals surface area contributed by atoms with Crippen LogP contribution in [0, 0.1) is 0 Å². The van der Waals surface area contributed by atoms with Crippen molar-refractivity contribution in [3.8, 4) is 0 Å². The fourth-order valence-electron chi connectivity index (χ4n) is 2.50. The maximum Gasteiger partial charge on any atom is 0.305 e. The van der Waals surface area contributed by atoms with Crippen LogP contribution >= 0.6 is 0 Å². The number of esters is 2. The van der Waals surface area contributed by atoms with Crippen LogP contribution in [0.25, 0.3) is 0 Å². The van der Waals surface area contributed by atoms with E-state index in [9.17, 15) is 9.59 Å². The zero-order chi connectivity index (χ0) is 20.7. The fourth-order valence-corrected chi connectivity index (χ4v) is 2.50. The second-order valence-corrected chi connectivity index (χ2v) is 6.55. The molecule has 0 saturated carbocycles. The maximum absolute atomic E-state index is 11.6. The highest BCUT2D eigenvalue weighted by Gasteiger charge is 2.05. The minimum atomic E-state index is -0.139. The third kappa shape index (κ3) is 20.3. The molecule has 6 heteroatoms. The summed E-state index contributed by atoms with van der Waals surface area (Å²) in [5.41, 5.74) is 0. The molecule has 0 unspecified atom stereocenters. The number of rotatable bonds is 21. The lowest BCUT2D eigenvalue weighted by Crippen LogP contribution is -2.06. The van der Waals surface area contributed by atoms with Gasteiger partial charge >= 0.3 is 11.9 Å². The Morgan fingerprint density at radius 1 is 0.536 bits per heavy atom. The van der Waals surface area contributed by atoms with E-state index in [1.165, 1.54) is 12.5 Å². The molecule has 0 atom stereocenters. The lowest BCUT2D eigenvalue weighted by atomic mass is 10.1. The number of ether oxygens (including phenoxy) is 4. The van der Waals surface area contributed by atoms with Crippen molar-refractivity contribution in [1.82, 2.24) is 0 Å². The first-order valence-corrected chi connectivity index (χ1v) is 10.5. The van der Waals surface area contributed by atoms with Crippen LogP contribution < -0.4 is 0 Å². The van der Waals surface area contributed by atoms with Crippen LogP contribution in [0.4, 0.5) is 0 Å². The van der Waals surface area contributed by atoms with Crippen LogP contribution in [0.1, 0.15) is 77.0 Å². The maximum atomic E-state index is 11.6. The molecule has 0 bridgehead atoms. The van der Waals surface area contributed by atoms with E-state index >= 15 is 0 Å². The van der Waals surface area contributed by atoms with Crippen LogP contribution in [0.2, 0.25) is 0 Å². The minimum absolute atomic E-state index is 0.139. The third-order valence-corrected chi connectivity index (χ3v) is 4.09. The fraction of sp³-hybridized carbons (Fsp3) is 0.727. The third-order valence-electron chi connectivity index (χ3n) is 4.09. The quantitative estimate of drug-likeness (QED) is 0.153. The minimum Gasteiger partial charge on any atom is -0.502 e. The molecule has 0 spiro atoms. The molecule has 6 nitrogen and oxygen atoms in total. The summed E-state index contributed by atoms with van der Waals surface area (Å²) < 4.78 is 20.4. The number of unbranched alkanes of at least 4 members (excludes halogenated alkanes) is 7. The van der Waals surface area contributed by atoms with Crippen molar-refractivity contribution in [2.75, 3.05) is 26.4 Å². The van der Waals surface area contributed by atoms with Gasteiger partial charge in [-0.2, -0.15) is 0 Å². The van der Waals surface area contributed by atoms with E-state index < -0.39 is 0 Å². The van der Waals surface area contributed by atoms with Crippen LogP contribution in [-0.4, -0.2) is 38.4 Å². The first kappa shape index (κ1) is 26.0. The number of hydrogen-bond acceptors (Lipinski definition) is 6. The highest BCUT2D eigenvalue weighted by atomic mass is 16.5. The molecular weight excluding hydrogens is 360 g/mol. The Hall–Kier alpha value is -1.98. The topological polar surface area (TPSA) is 71.1 Å². The molecule has 162 valence electrons. The molecule has 0 fully saturated rings. The van der Waals surface area contributed by atoms with Crippen molar-refractivity contribution in [3.05, 3.63) is 25.7 Å². The molecule has 0 aromatic heterocycles. The smallest absolute Gasteiger partial charge is 0.305 e. The lowest BCUT2D eigenvalue weighted by molar-refractivity contribution is -0.145. The van der Waals surface area contributed by atoms with Crippen LogP contribution in [0.5, 0.6) is 0 Å². The Balaban J connectivity index is 3.30. The average Bonchev–Trinajstić information content (AvgIpc) is 2.69. The van der Waals surface area contributed by atoms with Gasteiger partial charge in [0, 0.05) is 12.8 Å². The van der Waals surface area contributed by atoms with Crippen molar-refractivity contribution in [2.45, 2.75) is 77.0 Å². The molecule has 0 aliphatic carbocycles. The van der Waals surface area contributed by atoms with Crippen LogP contribution in [0.3, 0.4) is 0 Å². The monoisotopic (exact) mass is 398 g/mol. The molecule has 0 rings (SSSR count). The molecule has 0 aliphatic rings. The summed E-state index contributed by atoms with van der Waals surface area (Å²) in [5, 5.41) is 0. The van der Waals surface area contributed by atoms with E-state index in [-0.39, 0.29) is 11.9 Å². The van der Waals surface area contributed by atoms with Crippen molar-refractivity contribution < 1.29 is 28.5 Å². The zero-order valence-electron chi connectivity index (χ0n) is 17.3. The first-order valence-electron chi connectivity index (χ1n) is 10.5. The molecule has 0 heterocycles. The Morgan fingerprint density at radius 3 is 1.29 bits per heavy atom. The SMILES string of the molecule is C=COCCCCCOC(=O)CCCCCCC(=O)OCCCCCOC=C. The molecule has 0 N–H and O–H groups in total. The molecule has 0 saturated heterocycles. The summed E-state index contributed by atoms with van der Waals surface area (Å²) in [7, 11) is 0. The predicted molar refractivity (Wildman–Crippen MR) is 110 cm³/mol. The second kappa shape index (κ2) is 21.3. The van der Waals surface area contributed by atoms with E-state index in [4.69, 9.17) is 18.9 Å². The number of hydrogen-bond donors (Lipinski definition) is 0. The van der Waals surface area contributed by atoms with Gasteiger partial charge in [0.15, 0.2) is 0 Å². The van der Waals surface area contributed by atoms with Gasteiger partial charge in [-0.25, -0.2) is 0 Å². The predicted octanol–water partition coefficient (Wildman–Crippen LogP) is 5.07. The molecular formula is C22H38O6. The highest BCUT2D eigenvalue weighted by molar-refractivity contribution is 5.69. The lowest BCUT2D eigenvalue weighted by Gasteiger charge is -2.06. The van der Waals surface area contributed by atoms with Crippen LogP contribution in [0.15, 0.2) is 25.7 Å². The van der Waals surface area contributed by atoms with E-state index in [2.05, 4.69) is 13.2 Å². The Morgan fingerprint density at radius 2 is 0.893 bits per heavy atom. The van der Waals surface area contributed by atoms with Crippen molar-refractivity contribution in [3.63, 3.8) is 0 Å². The Labute approximate surface area is 170 Å². The summed E-state index contributed by atoms with van der Waals surface area (Å²) in [5.74, 6) is -0.277. The number of carbonyl (C=O) groups excluding carboxylic acids is 2. The van der Waals surface area contributed by atoms with Gasteiger partial charge in [0.05, 0.1) is 39.0 Å². The van der Waals surface area contributed by atoms with Gasteiger partial charge in [-0.3, -0.25) is 9.59 Å². The average molecular weight is 399 g/mol. The zero-order valence-corrected chi connectivity index (χ0v) is 17.3. The second-order valence-electron chi connectivity index (χ2n) is 6.55. The van der Waals surface area contributed by atoms with Gasteiger partial charge in [0.1, 0.15) is 0 Å². The van der Waals surface area contributed by atoms with E-state index in [0.717, 1.165) is 64.2 Å². The normalized spacial score (nSPS) is 10.1. The van der Waals surface area contributed by atoms with E-state index in [0.29, 0.717) is 39.3 Å². The first-order chi connectivity index (χ1) is 13.7. The van der Waals surface area contributed by atoms with Gasteiger partial charge in [0.2, 0.25) is 0 Å². The van der Waals surface area contributed by atoms with E-state index in [1.54, 1.807) is 0 Å². The standard InChI is InChI=1S/C22H38O6/c1-3-25-17-11-7-13-19-27-21(23)15-9-5-6-10-16-22(24)28-20-14-8-12-18-26-4-2/h3-4H,1-2,5-20H2. The molecule has 0 aromatic carbocycles. The largest absolute Gasteiger partial charge is 0.502 e. The van der Waals surface area contributed by atoms with Gasteiger partial charge in [0.25, 0.3) is 0 Å². The van der Waals surface area contributed by atoms with Crippen LogP contribution in [-0.2, 0) is 28.5 Å². The van der Waals surface area contributed by atoms with Crippen molar-refractivity contribution in [1.29, 1.82) is 0 Å². The highest BCUT2D eigenvalue weighted by Crippen LogP contribution is 2.08.